The van der Waals surface area contributed by atoms with Crippen LogP contribution in [-0.2, 0) is 37.1 Å². The Kier molecular flexibility index (Phi) is 10.4. The van der Waals surface area contributed by atoms with Crippen LogP contribution >= 0.6 is 0 Å². The van der Waals surface area contributed by atoms with Gasteiger partial charge in [-0.25, -0.2) is 0 Å². The summed E-state index contributed by atoms with van der Waals surface area (Å²) in [5.41, 5.74) is 5.74. The van der Waals surface area contributed by atoms with Crippen molar-refractivity contribution in [1.29, 1.82) is 0 Å². The second-order valence-electron chi connectivity index (χ2n) is 7.39. The van der Waals surface area contributed by atoms with Gasteiger partial charge in [-0.05, 0) is 0 Å². The van der Waals surface area contributed by atoms with Gasteiger partial charge in [-0.15, -0.1) is 0 Å². The zero-order valence-electron chi connectivity index (χ0n) is 16.7. The number of benzene rings is 2. The van der Waals surface area contributed by atoms with Gasteiger partial charge < -0.3 is 0 Å². The third kappa shape index (κ3) is 7.44. The Morgan fingerprint density at radius 2 is 0.962 bits per heavy atom. The monoisotopic (exact) mass is 424 g/mol. The summed E-state index contributed by atoms with van der Waals surface area (Å²) in [4.78, 5) is 0. The first-order valence-electron chi connectivity index (χ1n) is 10.5. The van der Waals surface area contributed by atoms with Crippen LogP contribution in [0.2, 0.25) is 0 Å². The molecule has 2 rings (SSSR count). The summed E-state index contributed by atoms with van der Waals surface area (Å²) in [6, 6.07) is 18.6. The standard InChI is InChI=1S/C25H34.Zr/c1-3-5-7-9-11-22-13-17-24(18-14-22)21-25-19-15-23(16-20-25)12-10-8-6-4-2;/h13-20H,3-12H2,1-2H3;/q;+2. The molecule has 2 aromatic rings. The predicted octanol–water partition coefficient (Wildman–Crippen LogP) is 7.05. The van der Waals surface area contributed by atoms with Crippen LogP contribution in [0.5, 0.6) is 0 Å². The van der Waals surface area contributed by atoms with Crippen molar-refractivity contribution in [2.45, 2.75) is 78.1 Å². The van der Waals surface area contributed by atoms with Crippen LogP contribution in [0.15, 0.2) is 48.5 Å². The van der Waals surface area contributed by atoms with Crippen LogP contribution in [0.4, 0.5) is 0 Å². The van der Waals surface area contributed by atoms with Gasteiger partial charge in [-0.3, -0.25) is 0 Å². The van der Waals surface area contributed by atoms with Crippen LogP contribution in [-0.4, -0.2) is 3.21 Å². The third-order valence-electron chi connectivity index (χ3n) is 5.12. The maximum absolute atomic E-state index is 2.33. The van der Waals surface area contributed by atoms with E-state index in [9.17, 15) is 0 Å². The van der Waals surface area contributed by atoms with Crippen molar-refractivity contribution in [2.24, 2.45) is 0 Å². The number of hydrogen-bond acceptors (Lipinski definition) is 0. The summed E-state index contributed by atoms with van der Waals surface area (Å²) in [7, 11) is 0. The quantitative estimate of drug-likeness (QED) is 0.320. The summed E-state index contributed by atoms with van der Waals surface area (Å²) < 4.78 is 1.47. The van der Waals surface area contributed by atoms with Crippen LogP contribution in [0.25, 0.3) is 0 Å². The minimum absolute atomic E-state index is 1.22. The van der Waals surface area contributed by atoms with Crippen LogP contribution in [0.1, 0.15) is 87.5 Å². The number of aryl methyl sites for hydroxylation is 2. The molecule has 0 saturated heterocycles. The Bertz CT molecular complexity index is 579. The van der Waals surface area contributed by atoms with Crippen molar-refractivity contribution in [2.75, 3.05) is 0 Å². The van der Waals surface area contributed by atoms with E-state index in [2.05, 4.69) is 62.4 Å². The van der Waals surface area contributed by atoms with Gasteiger partial charge in [0.1, 0.15) is 0 Å². The van der Waals surface area contributed by atoms with E-state index in [0.717, 1.165) is 0 Å². The molecule has 26 heavy (non-hydrogen) atoms. The topological polar surface area (TPSA) is 0 Å². The second kappa shape index (κ2) is 12.6. The second-order valence-corrected chi connectivity index (χ2v) is 8.62. The fourth-order valence-corrected chi connectivity index (χ4v) is 4.17. The molecule has 0 saturated carbocycles. The first-order chi connectivity index (χ1) is 12.7. The number of hydrogen-bond donors (Lipinski definition) is 0. The first kappa shape index (κ1) is 21.5. The Balaban J connectivity index is 1.87. The van der Waals surface area contributed by atoms with E-state index in [4.69, 9.17) is 0 Å². The van der Waals surface area contributed by atoms with Gasteiger partial charge in [0.15, 0.2) is 0 Å². The zero-order valence-corrected chi connectivity index (χ0v) is 19.1. The Morgan fingerprint density at radius 1 is 0.577 bits per heavy atom. The average molecular weight is 426 g/mol. The molecule has 0 bridgehead atoms. The van der Waals surface area contributed by atoms with Crippen molar-refractivity contribution in [3.05, 3.63) is 70.8 Å². The Morgan fingerprint density at radius 3 is 1.31 bits per heavy atom. The zero-order chi connectivity index (χ0) is 18.6. The molecule has 0 aliphatic rings. The van der Waals surface area contributed by atoms with E-state index in [1.807, 2.05) is 0 Å². The van der Waals surface area contributed by atoms with Gasteiger partial charge in [-0.2, -0.15) is 0 Å². The van der Waals surface area contributed by atoms with Gasteiger partial charge >= 0.3 is 176 Å². The molecular formula is C25H34Zr+2. The molecule has 0 atom stereocenters. The van der Waals surface area contributed by atoms with Crippen molar-refractivity contribution in [3.63, 3.8) is 0 Å². The molecule has 0 aliphatic carbocycles. The molecule has 2 aromatic carbocycles. The molecule has 0 aliphatic heterocycles. The van der Waals surface area contributed by atoms with E-state index < -0.39 is 0 Å². The summed E-state index contributed by atoms with van der Waals surface area (Å²) in [5, 5.41) is 0. The molecule has 0 heterocycles. The van der Waals surface area contributed by atoms with Crippen molar-refractivity contribution in [3.8, 4) is 0 Å². The van der Waals surface area contributed by atoms with Crippen molar-refractivity contribution < 1.29 is 24.2 Å². The summed E-state index contributed by atoms with van der Waals surface area (Å²) in [6.07, 6.45) is 13.2. The molecular weight excluding hydrogens is 391 g/mol. The van der Waals surface area contributed by atoms with Gasteiger partial charge in [0.05, 0.1) is 0 Å². The molecule has 0 nitrogen and oxygen atoms in total. The first-order valence-corrected chi connectivity index (χ1v) is 11.7. The fourth-order valence-electron chi connectivity index (χ4n) is 3.35. The molecule has 0 unspecified atom stereocenters. The van der Waals surface area contributed by atoms with Crippen LogP contribution in [0.3, 0.4) is 0 Å². The normalized spacial score (nSPS) is 10.9. The minimum atomic E-state index is 1.22. The van der Waals surface area contributed by atoms with Crippen molar-refractivity contribution >= 4 is 3.21 Å². The Labute approximate surface area is 175 Å². The molecule has 0 amide bonds. The molecule has 0 radical (unpaired) electrons. The van der Waals surface area contributed by atoms with Crippen LogP contribution < -0.4 is 0 Å². The molecule has 0 aromatic heterocycles. The molecule has 0 fully saturated rings. The number of unbranched alkanes of at least 4 members (excludes halogenated alkanes) is 6. The predicted molar refractivity (Wildman–Crippen MR) is 112 cm³/mol. The third-order valence-corrected chi connectivity index (χ3v) is 6.54. The van der Waals surface area contributed by atoms with E-state index in [1.165, 1.54) is 114 Å². The van der Waals surface area contributed by atoms with E-state index in [1.54, 1.807) is 0 Å². The molecule has 1 heteroatoms. The average Bonchev–Trinajstić information content (AvgIpc) is 2.69. The van der Waals surface area contributed by atoms with Crippen LogP contribution in [0, 0.1) is 0 Å². The van der Waals surface area contributed by atoms with Crippen molar-refractivity contribution in [1.82, 2.24) is 0 Å². The fraction of sp³-hybridized carbons (Fsp3) is 0.480. The Hall–Kier alpha value is -0.807. The van der Waals surface area contributed by atoms with Gasteiger partial charge in [0, 0.05) is 0 Å². The van der Waals surface area contributed by atoms with Gasteiger partial charge in [-0.1, -0.05) is 0 Å². The summed E-state index contributed by atoms with van der Waals surface area (Å²) in [5.74, 6) is 0. The maximum atomic E-state index is 2.33. The SMILES string of the molecule is CCCCCCc1ccc([C](=[Zr+2])c2ccc(CCCCCC)cc2)cc1. The van der Waals surface area contributed by atoms with E-state index >= 15 is 0 Å². The summed E-state index contributed by atoms with van der Waals surface area (Å²) in [6.45, 7) is 4.55. The van der Waals surface area contributed by atoms with E-state index in [0.29, 0.717) is 0 Å². The molecule has 0 spiro atoms. The molecule has 136 valence electrons. The molecule has 0 N–H and O–H groups in total. The number of rotatable bonds is 12. The summed E-state index contributed by atoms with van der Waals surface area (Å²) >= 11 is 1.49. The van der Waals surface area contributed by atoms with Gasteiger partial charge in [0.25, 0.3) is 0 Å². The van der Waals surface area contributed by atoms with Gasteiger partial charge in [0.2, 0.25) is 0 Å². The van der Waals surface area contributed by atoms with E-state index in [-0.39, 0.29) is 0 Å².